The van der Waals surface area contributed by atoms with Crippen molar-refractivity contribution in [2.45, 2.75) is 45.3 Å². The number of nitrogens with zero attached hydrogens (tertiary/aromatic N) is 1. The zero-order chi connectivity index (χ0) is 15.2. The van der Waals surface area contributed by atoms with E-state index in [4.69, 9.17) is 10.5 Å². The number of piperidine rings is 1. The van der Waals surface area contributed by atoms with Gasteiger partial charge in [0.25, 0.3) is 0 Å². The summed E-state index contributed by atoms with van der Waals surface area (Å²) >= 11 is 0. The molecular weight excluding hydrogens is 271 g/mol. The van der Waals surface area contributed by atoms with Crippen LogP contribution in [0.1, 0.15) is 37.3 Å². The first-order chi connectivity index (χ1) is 10.2. The molecule has 2 N–H and O–H groups in total. The minimum atomic E-state index is -0.258. The molecule has 1 aromatic carbocycles. The Morgan fingerprint density at radius 2 is 2.29 bits per heavy atom. The van der Waals surface area contributed by atoms with E-state index >= 15 is 0 Å². The number of hydrogen-bond donors (Lipinski definition) is 1. The Hall–Kier alpha value is -1.46. The number of nitrogens with two attached hydrogens (primary N) is 1. The molecule has 1 aliphatic heterocycles. The van der Waals surface area contributed by atoms with E-state index < -0.39 is 0 Å². The predicted molar refractivity (Wildman–Crippen MR) is 79.0 cm³/mol. The Labute approximate surface area is 125 Å². The molecule has 1 heterocycles. The molecule has 1 atom stereocenters. The average Bonchev–Trinajstić information content (AvgIpc) is 2.50. The Morgan fingerprint density at radius 1 is 1.48 bits per heavy atom. The van der Waals surface area contributed by atoms with Crippen LogP contribution in [-0.4, -0.2) is 30.1 Å². The standard InChI is InChI=1S/C16H23FN2O2/c1-2-21-16(20)15-5-3-4-8-19(15)11-13-7-6-12(10-18)9-14(13)17/h6-7,9,15H,2-5,8,10-11,18H2,1H3. The first-order valence-electron chi connectivity index (χ1n) is 7.53. The van der Waals surface area contributed by atoms with Crippen LogP contribution in [0.5, 0.6) is 0 Å². The molecule has 1 aliphatic rings. The number of carbonyl (C=O) groups excluding carboxylic acids is 1. The second-order valence-corrected chi connectivity index (χ2v) is 5.36. The summed E-state index contributed by atoms with van der Waals surface area (Å²) in [4.78, 5) is 14.0. The van der Waals surface area contributed by atoms with Crippen LogP contribution in [0, 0.1) is 5.82 Å². The van der Waals surface area contributed by atoms with Crippen molar-refractivity contribution in [1.29, 1.82) is 0 Å². The molecule has 0 spiro atoms. The van der Waals surface area contributed by atoms with Gasteiger partial charge < -0.3 is 10.5 Å². The molecule has 5 heteroatoms. The zero-order valence-corrected chi connectivity index (χ0v) is 12.5. The third-order valence-corrected chi connectivity index (χ3v) is 3.90. The van der Waals surface area contributed by atoms with Crippen molar-refractivity contribution in [2.75, 3.05) is 13.2 Å². The summed E-state index contributed by atoms with van der Waals surface area (Å²) in [7, 11) is 0. The summed E-state index contributed by atoms with van der Waals surface area (Å²) in [6, 6.07) is 4.81. The van der Waals surface area contributed by atoms with E-state index in [2.05, 4.69) is 0 Å². The Bertz CT molecular complexity index is 493. The molecule has 0 amide bonds. The van der Waals surface area contributed by atoms with Gasteiger partial charge >= 0.3 is 5.97 Å². The molecule has 0 bridgehead atoms. The molecule has 0 aliphatic carbocycles. The molecule has 1 unspecified atom stereocenters. The van der Waals surface area contributed by atoms with Gasteiger partial charge in [0.1, 0.15) is 11.9 Å². The van der Waals surface area contributed by atoms with Crippen LogP contribution in [-0.2, 0) is 22.6 Å². The van der Waals surface area contributed by atoms with Gasteiger partial charge in [-0.3, -0.25) is 9.69 Å². The van der Waals surface area contributed by atoms with E-state index in [0.29, 0.717) is 25.3 Å². The topological polar surface area (TPSA) is 55.6 Å². The minimum absolute atomic E-state index is 0.198. The SMILES string of the molecule is CCOC(=O)C1CCCCN1Cc1ccc(CN)cc1F. The van der Waals surface area contributed by atoms with Crippen LogP contribution >= 0.6 is 0 Å². The van der Waals surface area contributed by atoms with Gasteiger partial charge in [-0.1, -0.05) is 18.6 Å². The first kappa shape index (κ1) is 15.9. The second kappa shape index (κ2) is 7.52. The van der Waals surface area contributed by atoms with Gasteiger partial charge in [0.2, 0.25) is 0 Å². The number of ether oxygens (including phenoxy) is 1. The highest BCUT2D eigenvalue weighted by atomic mass is 19.1. The van der Waals surface area contributed by atoms with Crippen molar-refractivity contribution in [2.24, 2.45) is 5.73 Å². The number of likely N-dealkylation sites (tertiary alicyclic amines) is 1. The van der Waals surface area contributed by atoms with Crippen LogP contribution in [0.4, 0.5) is 4.39 Å². The molecule has 1 fully saturated rings. The highest BCUT2D eigenvalue weighted by Crippen LogP contribution is 2.22. The molecule has 0 saturated carbocycles. The molecule has 21 heavy (non-hydrogen) atoms. The lowest BCUT2D eigenvalue weighted by molar-refractivity contribution is -0.151. The van der Waals surface area contributed by atoms with Crippen LogP contribution in [0.3, 0.4) is 0 Å². The quantitative estimate of drug-likeness (QED) is 0.846. The van der Waals surface area contributed by atoms with Gasteiger partial charge in [-0.2, -0.15) is 0 Å². The fourth-order valence-corrected chi connectivity index (χ4v) is 2.75. The van der Waals surface area contributed by atoms with Crippen LogP contribution < -0.4 is 5.73 Å². The zero-order valence-electron chi connectivity index (χ0n) is 12.5. The molecule has 2 rings (SSSR count). The van der Waals surface area contributed by atoms with Gasteiger partial charge in [0.05, 0.1) is 6.61 Å². The lowest BCUT2D eigenvalue weighted by Crippen LogP contribution is -2.45. The maximum atomic E-state index is 14.1. The molecule has 0 aromatic heterocycles. The minimum Gasteiger partial charge on any atom is -0.465 e. The Balaban J connectivity index is 2.10. The fraction of sp³-hybridized carbons (Fsp3) is 0.562. The first-order valence-corrected chi connectivity index (χ1v) is 7.53. The van der Waals surface area contributed by atoms with E-state index in [1.165, 1.54) is 6.07 Å². The fourth-order valence-electron chi connectivity index (χ4n) is 2.75. The normalized spacial score (nSPS) is 19.5. The van der Waals surface area contributed by atoms with Gasteiger partial charge in [0.15, 0.2) is 0 Å². The van der Waals surface area contributed by atoms with Gasteiger partial charge in [0, 0.05) is 18.7 Å². The molecule has 1 saturated heterocycles. The van der Waals surface area contributed by atoms with E-state index in [0.717, 1.165) is 31.4 Å². The summed E-state index contributed by atoms with van der Waals surface area (Å²) in [5.74, 6) is -0.456. The van der Waals surface area contributed by atoms with Crippen LogP contribution in [0.2, 0.25) is 0 Å². The average molecular weight is 294 g/mol. The predicted octanol–water partition coefficient (Wildman–Crippen LogP) is 2.20. The molecule has 1 aromatic rings. The van der Waals surface area contributed by atoms with E-state index in [9.17, 15) is 9.18 Å². The van der Waals surface area contributed by atoms with Crippen LogP contribution in [0.15, 0.2) is 18.2 Å². The number of halogens is 1. The maximum absolute atomic E-state index is 14.1. The van der Waals surface area contributed by atoms with Crippen molar-refractivity contribution in [3.05, 3.63) is 35.1 Å². The van der Waals surface area contributed by atoms with Crippen molar-refractivity contribution < 1.29 is 13.9 Å². The number of benzene rings is 1. The number of carbonyl (C=O) groups is 1. The largest absolute Gasteiger partial charge is 0.465 e. The Morgan fingerprint density at radius 3 is 2.95 bits per heavy atom. The molecule has 116 valence electrons. The summed E-state index contributed by atoms with van der Waals surface area (Å²) in [6.07, 6.45) is 2.81. The Kier molecular flexibility index (Phi) is 5.70. The van der Waals surface area contributed by atoms with Gasteiger partial charge in [-0.15, -0.1) is 0 Å². The monoisotopic (exact) mass is 294 g/mol. The van der Waals surface area contributed by atoms with E-state index in [1.54, 1.807) is 13.0 Å². The van der Waals surface area contributed by atoms with Crippen molar-refractivity contribution in [1.82, 2.24) is 4.90 Å². The van der Waals surface area contributed by atoms with Crippen molar-refractivity contribution >= 4 is 5.97 Å². The van der Waals surface area contributed by atoms with Crippen LogP contribution in [0.25, 0.3) is 0 Å². The third-order valence-electron chi connectivity index (χ3n) is 3.90. The molecule has 0 radical (unpaired) electrons. The number of rotatable bonds is 5. The smallest absolute Gasteiger partial charge is 0.323 e. The summed E-state index contributed by atoms with van der Waals surface area (Å²) in [5.41, 5.74) is 6.89. The lowest BCUT2D eigenvalue weighted by atomic mass is 10.0. The highest BCUT2D eigenvalue weighted by molar-refractivity contribution is 5.75. The number of esters is 1. The highest BCUT2D eigenvalue weighted by Gasteiger charge is 2.30. The van der Waals surface area contributed by atoms with Gasteiger partial charge in [-0.25, -0.2) is 4.39 Å². The van der Waals surface area contributed by atoms with E-state index in [1.807, 2.05) is 11.0 Å². The van der Waals surface area contributed by atoms with Gasteiger partial charge in [-0.05, 0) is 37.9 Å². The summed E-state index contributed by atoms with van der Waals surface area (Å²) in [6.45, 7) is 3.73. The van der Waals surface area contributed by atoms with Crippen molar-refractivity contribution in [3.8, 4) is 0 Å². The summed E-state index contributed by atoms with van der Waals surface area (Å²) < 4.78 is 19.2. The second-order valence-electron chi connectivity index (χ2n) is 5.36. The van der Waals surface area contributed by atoms with E-state index in [-0.39, 0.29) is 17.8 Å². The molecule has 4 nitrogen and oxygen atoms in total. The van der Waals surface area contributed by atoms with Crippen molar-refractivity contribution in [3.63, 3.8) is 0 Å². The third kappa shape index (κ3) is 4.02. The molecular formula is C16H23FN2O2. The summed E-state index contributed by atoms with van der Waals surface area (Å²) in [5, 5.41) is 0. The number of hydrogen-bond acceptors (Lipinski definition) is 4. The maximum Gasteiger partial charge on any atom is 0.323 e. The lowest BCUT2D eigenvalue weighted by Gasteiger charge is -2.34.